The minimum atomic E-state index is -4.70. The molecule has 0 aliphatic carbocycles. The van der Waals surface area contributed by atoms with Gasteiger partial charge in [0, 0.05) is 51.0 Å². The summed E-state index contributed by atoms with van der Waals surface area (Å²) in [5.74, 6) is -0.232. The second-order valence-electron chi connectivity index (χ2n) is 6.91. The number of alkyl halides is 3. The van der Waals surface area contributed by atoms with Gasteiger partial charge in [0.15, 0.2) is 0 Å². The van der Waals surface area contributed by atoms with E-state index in [1.54, 1.807) is 12.1 Å². The number of nitrogens with zero attached hydrogens (tertiary/aromatic N) is 2. The van der Waals surface area contributed by atoms with Crippen LogP contribution in [0.3, 0.4) is 0 Å². The van der Waals surface area contributed by atoms with E-state index in [4.69, 9.17) is 11.6 Å². The second kappa shape index (κ2) is 8.59. The van der Waals surface area contributed by atoms with E-state index >= 15 is 0 Å². The lowest BCUT2D eigenvalue weighted by Gasteiger charge is -2.36. The van der Waals surface area contributed by atoms with Gasteiger partial charge in [-0.3, -0.25) is 4.90 Å². The Labute approximate surface area is 167 Å². The fraction of sp³-hybridized carbons (Fsp3) is 0.400. The van der Waals surface area contributed by atoms with Crippen molar-refractivity contribution < 1.29 is 17.9 Å². The number of nitrogens with one attached hydrogen (secondary N) is 1. The first kappa shape index (κ1) is 20.8. The lowest BCUT2D eigenvalue weighted by Crippen LogP contribution is -2.45. The lowest BCUT2D eigenvalue weighted by molar-refractivity contribution is -0.274. The summed E-state index contributed by atoms with van der Waals surface area (Å²) in [5.41, 5.74) is 2.79. The van der Waals surface area contributed by atoms with Crippen molar-refractivity contribution in [3.8, 4) is 5.75 Å². The molecular weight excluding hydrogens is 391 g/mol. The van der Waals surface area contributed by atoms with Gasteiger partial charge in [-0.25, -0.2) is 0 Å². The topological polar surface area (TPSA) is 27.7 Å². The summed E-state index contributed by atoms with van der Waals surface area (Å²) >= 11 is 6.61. The molecule has 1 aliphatic rings. The fourth-order valence-corrected chi connectivity index (χ4v) is 3.67. The Hall–Kier alpha value is -1.96. The van der Waals surface area contributed by atoms with Gasteiger partial charge in [0.2, 0.25) is 0 Å². The maximum Gasteiger partial charge on any atom is 0.573 e. The molecule has 1 aliphatic heterocycles. The third-order valence-electron chi connectivity index (χ3n) is 4.74. The predicted molar refractivity (Wildman–Crippen MR) is 105 cm³/mol. The highest BCUT2D eigenvalue weighted by Crippen LogP contribution is 2.36. The molecule has 1 fully saturated rings. The number of hydrogen-bond donors (Lipinski definition) is 1. The largest absolute Gasteiger partial charge is 0.573 e. The molecule has 0 spiro atoms. The zero-order chi connectivity index (χ0) is 20.3. The van der Waals surface area contributed by atoms with E-state index in [0.717, 1.165) is 43.0 Å². The van der Waals surface area contributed by atoms with Gasteiger partial charge in [-0.1, -0.05) is 29.8 Å². The van der Waals surface area contributed by atoms with Crippen LogP contribution in [0.25, 0.3) is 0 Å². The normalized spacial score (nSPS) is 16.6. The number of piperazine rings is 1. The predicted octanol–water partition coefficient (Wildman–Crippen LogP) is 4.30. The van der Waals surface area contributed by atoms with Gasteiger partial charge < -0.3 is 15.0 Å². The van der Waals surface area contributed by atoms with Gasteiger partial charge in [0.25, 0.3) is 0 Å². The smallest absolute Gasteiger partial charge is 0.406 e. The molecule has 3 rings (SSSR count). The minimum absolute atomic E-state index is 0.147. The number of benzene rings is 2. The number of hydrogen-bond acceptors (Lipinski definition) is 4. The summed E-state index contributed by atoms with van der Waals surface area (Å²) in [4.78, 5) is 4.26. The summed E-state index contributed by atoms with van der Waals surface area (Å²) in [6, 6.07) is 11.8. The Kier molecular flexibility index (Phi) is 6.37. The molecule has 2 aromatic rings. The van der Waals surface area contributed by atoms with Crippen molar-refractivity contribution in [3.05, 3.63) is 58.6 Å². The molecule has 152 valence electrons. The van der Waals surface area contributed by atoms with Crippen molar-refractivity contribution in [2.45, 2.75) is 12.4 Å². The van der Waals surface area contributed by atoms with Crippen LogP contribution in [0.1, 0.15) is 17.2 Å². The van der Waals surface area contributed by atoms with Crippen molar-refractivity contribution in [1.82, 2.24) is 10.2 Å². The van der Waals surface area contributed by atoms with Crippen molar-refractivity contribution in [3.63, 3.8) is 0 Å². The average molecular weight is 414 g/mol. The quantitative estimate of drug-likeness (QED) is 0.791. The van der Waals surface area contributed by atoms with Crippen molar-refractivity contribution in [1.29, 1.82) is 0 Å². The molecule has 1 saturated heterocycles. The summed E-state index contributed by atoms with van der Waals surface area (Å²) in [6.45, 7) is 3.33. The van der Waals surface area contributed by atoms with E-state index in [1.165, 1.54) is 12.1 Å². The molecule has 0 aromatic heterocycles. The monoisotopic (exact) mass is 413 g/mol. The number of halogens is 4. The van der Waals surface area contributed by atoms with Gasteiger partial charge in [0.05, 0.1) is 6.04 Å². The molecule has 0 amide bonds. The molecule has 28 heavy (non-hydrogen) atoms. The molecule has 4 nitrogen and oxygen atoms in total. The summed E-state index contributed by atoms with van der Waals surface area (Å²) in [7, 11) is 3.89. The van der Waals surface area contributed by atoms with Gasteiger partial charge in [-0.2, -0.15) is 0 Å². The Morgan fingerprint density at radius 3 is 2.25 bits per heavy atom. The van der Waals surface area contributed by atoms with Crippen LogP contribution >= 0.6 is 11.6 Å². The van der Waals surface area contributed by atoms with Crippen LogP contribution in [0.15, 0.2) is 42.5 Å². The van der Waals surface area contributed by atoms with Crippen LogP contribution in [-0.2, 0) is 0 Å². The van der Waals surface area contributed by atoms with Crippen LogP contribution in [-0.4, -0.2) is 51.5 Å². The highest BCUT2D eigenvalue weighted by molar-refractivity contribution is 6.31. The van der Waals surface area contributed by atoms with Crippen molar-refractivity contribution >= 4 is 17.3 Å². The van der Waals surface area contributed by atoms with Crippen molar-refractivity contribution in [2.75, 3.05) is 45.2 Å². The number of anilines is 1. The van der Waals surface area contributed by atoms with Crippen molar-refractivity contribution in [2.24, 2.45) is 0 Å². The van der Waals surface area contributed by atoms with Crippen LogP contribution < -0.4 is 15.0 Å². The SMILES string of the molecule is CN(C)c1ccc([C@@H](c2ccc(OC(F)(F)F)cc2)N2CCNCC2)c(Cl)c1. The maximum absolute atomic E-state index is 12.5. The van der Waals surface area contributed by atoms with Gasteiger partial charge in [-0.05, 0) is 35.4 Å². The van der Waals surface area contributed by atoms with Gasteiger partial charge >= 0.3 is 6.36 Å². The summed E-state index contributed by atoms with van der Waals surface area (Å²) in [6.07, 6.45) is -4.70. The van der Waals surface area contributed by atoms with E-state index in [1.807, 2.05) is 37.2 Å². The number of rotatable bonds is 5. The first-order valence-corrected chi connectivity index (χ1v) is 9.39. The number of ether oxygens (including phenoxy) is 1. The van der Waals surface area contributed by atoms with Crippen LogP contribution in [0.2, 0.25) is 5.02 Å². The molecule has 0 radical (unpaired) electrons. The highest BCUT2D eigenvalue weighted by atomic mass is 35.5. The molecule has 0 bridgehead atoms. The van der Waals surface area contributed by atoms with Crippen LogP contribution in [0.5, 0.6) is 5.75 Å². The van der Waals surface area contributed by atoms with E-state index in [-0.39, 0.29) is 11.8 Å². The lowest BCUT2D eigenvalue weighted by atomic mass is 9.96. The average Bonchev–Trinajstić information content (AvgIpc) is 2.64. The Balaban J connectivity index is 1.96. The standard InChI is InChI=1S/C20H23ClF3N3O/c1-26(2)15-5-8-17(18(21)13-15)19(27-11-9-25-10-12-27)14-3-6-16(7-4-14)28-20(22,23)24/h3-8,13,19,25H,9-12H2,1-2H3/t19-/m1/s1. The van der Waals surface area contributed by atoms with E-state index in [2.05, 4.69) is 15.0 Å². The molecule has 0 unspecified atom stereocenters. The molecule has 2 aromatic carbocycles. The highest BCUT2D eigenvalue weighted by Gasteiger charge is 2.31. The third-order valence-corrected chi connectivity index (χ3v) is 5.07. The zero-order valence-electron chi connectivity index (χ0n) is 15.8. The molecule has 0 saturated carbocycles. The molecular formula is C20H23ClF3N3O. The molecule has 1 atom stereocenters. The zero-order valence-corrected chi connectivity index (χ0v) is 16.5. The first-order chi connectivity index (χ1) is 13.2. The van der Waals surface area contributed by atoms with E-state index in [0.29, 0.717) is 5.02 Å². The maximum atomic E-state index is 12.5. The third kappa shape index (κ3) is 5.10. The molecule has 1 N–H and O–H groups in total. The second-order valence-corrected chi connectivity index (χ2v) is 7.31. The molecule has 1 heterocycles. The fourth-order valence-electron chi connectivity index (χ4n) is 3.40. The Morgan fingerprint density at radius 2 is 1.71 bits per heavy atom. The minimum Gasteiger partial charge on any atom is -0.406 e. The first-order valence-electron chi connectivity index (χ1n) is 9.02. The van der Waals surface area contributed by atoms with E-state index in [9.17, 15) is 13.2 Å². The van der Waals surface area contributed by atoms with Crippen LogP contribution in [0, 0.1) is 0 Å². The summed E-state index contributed by atoms with van der Waals surface area (Å²) in [5, 5.41) is 3.95. The summed E-state index contributed by atoms with van der Waals surface area (Å²) < 4.78 is 41.4. The van der Waals surface area contributed by atoms with E-state index < -0.39 is 6.36 Å². The van der Waals surface area contributed by atoms with Gasteiger partial charge in [0.1, 0.15) is 5.75 Å². The Bertz CT molecular complexity index is 790. The Morgan fingerprint density at radius 1 is 1.07 bits per heavy atom. The van der Waals surface area contributed by atoms with Gasteiger partial charge in [-0.15, -0.1) is 13.2 Å². The van der Waals surface area contributed by atoms with Crippen LogP contribution in [0.4, 0.5) is 18.9 Å². The molecule has 8 heteroatoms.